The Balaban J connectivity index is 1.47. The summed E-state index contributed by atoms with van der Waals surface area (Å²) in [5.74, 6) is 5.18. The monoisotopic (exact) mass is 428 g/mol. The zero-order chi connectivity index (χ0) is 22.6. The molecule has 0 aromatic carbocycles. The Bertz CT molecular complexity index is 708. The molecule has 0 aromatic rings. The van der Waals surface area contributed by atoms with E-state index < -0.39 is 0 Å². The summed E-state index contributed by atoms with van der Waals surface area (Å²) < 4.78 is 0. The fraction of sp³-hybridized carbons (Fsp3) is 0.897. The quantitative estimate of drug-likeness (QED) is 0.454. The van der Waals surface area contributed by atoms with Crippen molar-refractivity contribution in [2.75, 3.05) is 0 Å². The molecule has 2 heteroatoms. The topological polar surface area (TPSA) is 37.3 Å². The van der Waals surface area contributed by atoms with Gasteiger partial charge in [-0.05, 0) is 117 Å². The number of carbonyl (C=O) groups excluding carboxylic acids is 1. The second kappa shape index (κ2) is 8.62. The van der Waals surface area contributed by atoms with Crippen molar-refractivity contribution in [3.8, 4) is 0 Å². The first kappa shape index (κ1) is 23.5. The van der Waals surface area contributed by atoms with Crippen LogP contribution < -0.4 is 0 Å². The molecule has 0 spiro atoms. The summed E-state index contributed by atoms with van der Waals surface area (Å²) in [4.78, 5) is 12.1. The number of hydrogen-bond acceptors (Lipinski definition) is 2. The summed E-state index contributed by atoms with van der Waals surface area (Å²) in [6, 6.07) is 0. The standard InChI is InChI=1S/C29H48O2/c1-18(2)23(20(4)30)9-7-19(3)25-11-12-26-24-10-8-21-17-22(31)13-15-28(21,5)27(24)14-16-29(25,26)6/h8,18-19,22-27,31H,7,9-17H2,1-6H3/t19-,22+,23?,24?,25-,26?,27?,28+,29-/m1/s1. The molecule has 3 fully saturated rings. The second-order valence-electron chi connectivity index (χ2n) is 12.9. The fourth-order valence-electron chi connectivity index (χ4n) is 9.27. The lowest BCUT2D eigenvalue weighted by Crippen LogP contribution is -2.50. The van der Waals surface area contributed by atoms with E-state index in [4.69, 9.17) is 0 Å². The minimum Gasteiger partial charge on any atom is -0.393 e. The fourth-order valence-corrected chi connectivity index (χ4v) is 9.27. The average Bonchev–Trinajstić information content (AvgIpc) is 3.05. The molecule has 0 aromatic heterocycles. The number of rotatable bonds is 6. The van der Waals surface area contributed by atoms with Gasteiger partial charge in [0.25, 0.3) is 0 Å². The zero-order valence-corrected chi connectivity index (χ0v) is 21.1. The largest absolute Gasteiger partial charge is 0.393 e. The average molecular weight is 429 g/mol. The number of ketones is 1. The van der Waals surface area contributed by atoms with Crippen LogP contribution in [-0.2, 0) is 4.79 Å². The van der Waals surface area contributed by atoms with Crippen molar-refractivity contribution >= 4 is 5.78 Å². The Morgan fingerprint density at radius 3 is 2.48 bits per heavy atom. The van der Waals surface area contributed by atoms with Crippen LogP contribution >= 0.6 is 0 Å². The Morgan fingerprint density at radius 1 is 1.06 bits per heavy atom. The molecule has 3 saturated carbocycles. The molecule has 4 aliphatic carbocycles. The normalized spacial score (nSPS) is 44.1. The van der Waals surface area contributed by atoms with Gasteiger partial charge in [0.2, 0.25) is 0 Å². The highest BCUT2D eigenvalue weighted by Gasteiger charge is 2.59. The van der Waals surface area contributed by atoms with E-state index in [0.29, 0.717) is 22.5 Å². The molecule has 31 heavy (non-hydrogen) atoms. The van der Waals surface area contributed by atoms with Crippen LogP contribution in [0.3, 0.4) is 0 Å². The molecule has 4 unspecified atom stereocenters. The summed E-state index contributed by atoms with van der Waals surface area (Å²) in [7, 11) is 0. The van der Waals surface area contributed by atoms with Crippen LogP contribution in [0.1, 0.15) is 106 Å². The first-order valence-electron chi connectivity index (χ1n) is 13.5. The maximum Gasteiger partial charge on any atom is 0.133 e. The lowest BCUT2D eigenvalue weighted by molar-refractivity contribution is -0.122. The van der Waals surface area contributed by atoms with Gasteiger partial charge in [0.05, 0.1) is 6.10 Å². The van der Waals surface area contributed by atoms with E-state index >= 15 is 0 Å². The number of aliphatic hydroxyl groups is 1. The molecular formula is C29H48O2. The Kier molecular flexibility index (Phi) is 6.54. The van der Waals surface area contributed by atoms with Gasteiger partial charge in [-0.3, -0.25) is 4.79 Å². The van der Waals surface area contributed by atoms with E-state index in [0.717, 1.165) is 48.9 Å². The molecule has 4 aliphatic rings. The van der Waals surface area contributed by atoms with E-state index in [-0.39, 0.29) is 12.0 Å². The molecule has 176 valence electrons. The summed E-state index contributed by atoms with van der Waals surface area (Å²) in [6.45, 7) is 13.9. The van der Waals surface area contributed by atoms with Gasteiger partial charge in [0, 0.05) is 5.92 Å². The zero-order valence-electron chi connectivity index (χ0n) is 21.1. The first-order valence-corrected chi connectivity index (χ1v) is 13.5. The van der Waals surface area contributed by atoms with Gasteiger partial charge in [-0.25, -0.2) is 0 Å². The molecule has 0 saturated heterocycles. The first-order chi connectivity index (χ1) is 14.6. The third kappa shape index (κ3) is 3.98. The van der Waals surface area contributed by atoms with Crippen molar-refractivity contribution in [2.24, 2.45) is 52.3 Å². The number of fused-ring (bicyclic) bond motifs is 5. The highest BCUT2D eigenvalue weighted by Crippen LogP contribution is 2.67. The van der Waals surface area contributed by atoms with Crippen molar-refractivity contribution in [2.45, 2.75) is 112 Å². The predicted octanol–water partition coefficient (Wildman–Crippen LogP) is 7.20. The van der Waals surface area contributed by atoms with Gasteiger partial charge >= 0.3 is 0 Å². The van der Waals surface area contributed by atoms with Crippen molar-refractivity contribution in [1.82, 2.24) is 0 Å². The maximum atomic E-state index is 12.1. The van der Waals surface area contributed by atoms with Crippen LogP contribution in [0.2, 0.25) is 0 Å². The van der Waals surface area contributed by atoms with Crippen LogP contribution in [0.15, 0.2) is 11.6 Å². The summed E-state index contributed by atoms with van der Waals surface area (Å²) in [6.07, 6.45) is 14.7. The molecule has 9 atom stereocenters. The number of allylic oxidation sites excluding steroid dienone is 1. The van der Waals surface area contributed by atoms with Gasteiger partial charge in [-0.2, -0.15) is 0 Å². The molecule has 4 rings (SSSR count). The van der Waals surface area contributed by atoms with Crippen molar-refractivity contribution in [3.05, 3.63) is 11.6 Å². The number of hydrogen-bond donors (Lipinski definition) is 1. The van der Waals surface area contributed by atoms with Crippen molar-refractivity contribution < 1.29 is 9.90 Å². The summed E-state index contributed by atoms with van der Waals surface area (Å²) in [5.41, 5.74) is 2.42. The third-order valence-corrected chi connectivity index (χ3v) is 11.1. The molecule has 1 N–H and O–H groups in total. The van der Waals surface area contributed by atoms with Crippen LogP contribution in [0.25, 0.3) is 0 Å². The highest BCUT2D eigenvalue weighted by molar-refractivity contribution is 5.78. The Morgan fingerprint density at radius 2 is 1.81 bits per heavy atom. The van der Waals surface area contributed by atoms with E-state index in [1.54, 1.807) is 12.5 Å². The minimum atomic E-state index is -0.105. The number of carbonyl (C=O) groups is 1. The van der Waals surface area contributed by atoms with Gasteiger partial charge in [-0.1, -0.05) is 46.3 Å². The van der Waals surface area contributed by atoms with E-state index in [9.17, 15) is 9.90 Å². The van der Waals surface area contributed by atoms with Crippen LogP contribution in [0.4, 0.5) is 0 Å². The number of Topliss-reactive ketones (excluding diaryl/α,β-unsaturated/α-hetero) is 1. The molecule has 0 bridgehead atoms. The smallest absolute Gasteiger partial charge is 0.133 e. The lowest BCUT2D eigenvalue weighted by Gasteiger charge is -2.58. The van der Waals surface area contributed by atoms with Crippen LogP contribution in [0, 0.1) is 52.3 Å². The highest BCUT2D eigenvalue weighted by atomic mass is 16.3. The van der Waals surface area contributed by atoms with Gasteiger partial charge in [0.1, 0.15) is 5.78 Å². The van der Waals surface area contributed by atoms with E-state index in [2.05, 4.69) is 40.7 Å². The van der Waals surface area contributed by atoms with Crippen molar-refractivity contribution in [3.63, 3.8) is 0 Å². The minimum absolute atomic E-state index is 0.105. The Hall–Kier alpha value is -0.630. The van der Waals surface area contributed by atoms with Gasteiger partial charge in [-0.15, -0.1) is 0 Å². The number of aliphatic hydroxyl groups excluding tert-OH is 1. The summed E-state index contributed by atoms with van der Waals surface area (Å²) in [5, 5.41) is 10.2. The SMILES string of the molecule is CC(=O)C(CC[C@@H](C)[C@H]1CCC2C3CC=C4C[C@@H](O)CC[C@]4(C)C3CC[C@@]21C)C(C)C. The van der Waals surface area contributed by atoms with Crippen LogP contribution in [0.5, 0.6) is 0 Å². The van der Waals surface area contributed by atoms with Crippen molar-refractivity contribution in [1.29, 1.82) is 0 Å². The molecule has 2 nitrogen and oxygen atoms in total. The predicted molar refractivity (Wildman–Crippen MR) is 129 cm³/mol. The third-order valence-electron chi connectivity index (χ3n) is 11.1. The molecule has 0 aliphatic heterocycles. The Labute approximate surface area is 191 Å². The molecular weight excluding hydrogens is 380 g/mol. The maximum absolute atomic E-state index is 12.1. The molecule has 0 amide bonds. The van der Waals surface area contributed by atoms with E-state index in [1.165, 1.54) is 44.9 Å². The molecule has 0 radical (unpaired) electrons. The summed E-state index contributed by atoms with van der Waals surface area (Å²) >= 11 is 0. The van der Waals surface area contributed by atoms with Crippen LogP contribution in [-0.4, -0.2) is 17.0 Å². The lowest BCUT2D eigenvalue weighted by atomic mass is 9.47. The van der Waals surface area contributed by atoms with Gasteiger partial charge in [0.15, 0.2) is 0 Å². The second-order valence-corrected chi connectivity index (χ2v) is 12.9. The van der Waals surface area contributed by atoms with Gasteiger partial charge < -0.3 is 5.11 Å². The molecule has 0 heterocycles. The van der Waals surface area contributed by atoms with E-state index in [1.807, 2.05) is 0 Å².